The monoisotopic (exact) mass is 461 g/mol. The first-order valence-corrected chi connectivity index (χ1v) is 9.32. The molecule has 0 bridgehead atoms. The number of guanidine groups is 1. The first kappa shape index (κ1) is 21.6. The van der Waals surface area contributed by atoms with Gasteiger partial charge in [0.1, 0.15) is 4.21 Å². The van der Waals surface area contributed by atoms with E-state index in [0.717, 1.165) is 17.8 Å². The third kappa shape index (κ3) is 8.30. The standard InChI is InChI=1S/C13H23N3O3S2.HI/c1-10(2)5-6-15-13(14)16-8-11(17)9-21(18,19)12-4-3-7-20-12;/h3-4,7,10-11,17H,5-6,8-9H2,1-2H3,(H3,14,15,16);1H. The quantitative estimate of drug-likeness (QED) is 0.309. The smallest absolute Gasteiger partial charge is 0.190 e. The summed E-state index contributed by atoms with van der Waals surface area (Å²) in [5.41, 5.74) is 5.65. The molecule has 0 amide bonds. The van der Waals surface area contributed by atoms with Gasteiger partial charge in [-0.3, -0.25) is 4.99 Å². The number of nitrogens with two attached hydrogens (primary N) is 1. The average Bonchev–Trinajstić information content (AvgIpc) is 2.90. The van der Waals surface area contributed by atoms with Crippen LogP contribution in [0.5, 0.6) is 0 Å². The lowest BCUT2D eigenvalue weighted by Crippen LogP contribution is -2.34. The normalized spacial score (nSPS) is 13.7. The van der Waals surface area contributed by atoms with Crippen molar-refractivity contribution in [1.29, 1.82) is 0 Å². The number of hydrogen-bond acceptors (Lipinski definition) is 5. The third-order valence-electron chi connectivity index (χ3n) is 2.71. The van der Waals surface area contributed by atoms with Crippen molar-refractivity contribution in [2.45, 2.75) is 30.6 Å². The molecule has 0 fully saturated rings. The molecule has 1 aromatic rings. The van der Waals surface area contributed by atoms with Crippen LogP contribution in [0, 0.1) is 5.92 Å². The molecule has 1 rings (SSSR count). The van der Waals surface area contributed by atoms with Crippen molar-refractivity contribution in [1.82, 2.24) is 5.32 Å². The minimum Gasteiger partial charge on any atom is -0.390 e. The van der Waals surface area contributed by atoms with Gasteiger partial charge in [-0.2, -0.15) is 0 Å². The van der Waals surface area contributed by atoms with E-state index < -0.39 is 15.9 Å². The summed E-state index contributed by atoms with van der Waals surface area (Å²) < 4.78 is 24.2. The molecule has 0 aliphatic carbocycles. The number of halogens is 1. The van der Waals surface area contributed by atoms with Gasteiger partial charge in [0, 0.05) is 6.54 Å². The zero-order valence-electron chi connectivity index (χ0n) is 12.7. The van der Waals surface area contributed by atoms with E-state index in [1.54, 1.807) is 11.4 Å². The number of aliphatic imine (C=N–C) groups is 1. The van der Waals surface area contributed by atoms with Crippen molar-refractivity contribution in [3.05, 3.63) is 17.5 Å². The van der Waals surface area contributed by atoms with Gasteiger partial charge in [0.05, 0.1) is 18.4 Å². The van der Waals surface area contributed by atoms with Gasteiger partial charge in [0.15, 0.2) is 15.8 Å². The molecular formula is C13H24IN3O3S2. The molecule has 0 aliphatic rings. The van der Waals surface area contributed by atoms with Gasteiger partial charge < -0.3 is 16.2 Å². The second-order valence-corrected chi connectivity index (χ2v) is 8.41. The van der Waals surface area contributed by atoms with Crippen LogP contribution in [0.3, 0.4) is 0 Å². The van der Waals surface area contributed by atoms with E-state index >= 15 is 0 Å². The van der Waals surface area contributed by atoms with Gasteiger partial charge in [0.25, 0.3) is 0 Å². The number of nitrogens with one attached hydrogen (secondary N) is 1. The van der Waals surface area contributed by atoms with Gasteiger partial charge in [-0.1, -0.05) is 19.9 Å². The molecule has 1 atom stereocenters. The van der Waals surface area contributed by atoms with Crippen LogP contribution in [0.2, 0.25) is 0 Å². The zero-order chi connectivity index (χ0) is 15.9. The van der Waals surface area contributed by atoms with Crippen LogP contribution in [-0.2, 0) is 9.84 Å². The van der Waals surface area contributed by atoms with Crippen molar-refractivity contribution in [2.75, 3.05) is 18.8 Å². The summed E-state index contributed by atoms with van der Waals surface area (Å²) in [6, 6.07) is 3.19. The topological polar surface area (TPSA) is 105 Å². The van der Waals surface area contributed by atoms with Gasteiger partial charge in [-0.15, -0.1) is 35.3 Å². The van der Waals surface area contributed by atoms with Gasteiger partial charge in [-0.05, 0) is 23.8 Å². The molecule has 1 aromatic heterocycles. The highest BCUT2D eigenvalue weighted by molar-refractivity contribution is 14.0. The molecule has 0 saturated carbocycles. The summed E-state index contributed by atoms with van der Waals surface area (Å²) in [4.78, 5) is 3.96. The maximum atomic E-state index is 12.0. The first-order valence-electron chi connectivity index (χ1n) is 6.79. The highest BCUT2D eigenvalue weighted by Crippen LogP contribution is 2.18. The minimum absolute atomic E-state index is 0. The predicted molar refractivity (Wildman–Crippen MR) is 102 cm³/mol. The van der Waals surface area contributed by atoms with Crippen LogP contribution in [0.1, 0.15) is 20.3 Å². The summed E-state index contributed by atoms with van der Waals surface area (Å²) in [5.74, 6) is 0.436. The van der Waals surface area contributed by atoms with E-state index in [9.17, 15) is 13.5 Å². The van der Waals surface area contributed by atoms with Crippen LogP contribution >= 0.6 is 35.3 Å². The van der Waals surface area contributed by atoms with Gasteiger partial charge in [-0.25, -0.2) is 8.42 Å². The summed E-state index contributed by atoms with van der Waals surface area (Å²) in [5, 5.41) is 14.4. The molecule has 128 valence electrons. The number of hydrogen-bond donors (Lipinski definition) is 3. The van der Waals surface area contributed by atoms with Crippen molar-refractivity contribution in [3.8, 4) is 0 Å². The van der Waals surface area contributed by atoms with Crippen molar-refractivity contribution >= 4 is 51.1 Å². The third-order valence-corrected chi connectivity index (χ3v) is 6.00. The second kappa shape index (κ2) is 10.4. The molecular weight excluding hydrogens is 437 g/mol. The van der Waals surface area contributed by atoms with Gasteiger partial charge >= 0.3 is 0 Å². The van der Waals surface area contributed by atoms with E-state index in [-0.39, 0.29) is 46.4 Å². The summed E-state index contributed by atoms with van der Waals surface area (Å²) >= 11 is 1.14. The van der Waals surface area contributed by atoms with E-state index in [4.69, 9.17) is 5.73 Å². The molecule has 6 nitrogen and oxygen atoms in total. The Balaban J connectivity index is 0.00000441. The zero-order valence-corrected chi connectivity index (χ0v) is 16.7. The number of aliphatic hydroxyl groups excluding tert-OH is 1. The highest BCUT2D eigenvalue weighted by atomic mass is 127. The van der Waals surface area contributed by atoms with E-state index in [1.165, 1.54) is 6.07 Å². The summed E-state index contributed by atoms with van der Waals surface area (Å²) in [6.45, 7) is 4.88. The number of rotatable bonds is 8. The maximum Gasteiger partial charge on any atom is 0.190 e. The lowest BCUT2D eigenvalue weighted by molar-refractivity contribution is 0.206. The van der Waals surface area contributed by atoms with Crippen molar-refractivity contribution < 1.29 is 13.5 Å². The molecule has 0 aromatic carbocycles. The van der Waals surface area contributed by atoms with Crippen molar-refractivity contribution in [3.63, 3.8) is 0 Å². The van der Waals surface area contributed by atoms with E-state index in [2.05, 4.69) is 24.2 Å². The molecule has 0 spiro atoms. The SMILES string of the molecule is CC(C)CCNC(N)=NCC(O)CS(=O)(=O)c1cccs1.I. The van der Waals surface area contributed by atoms with Crippen LogP contribution in [0.25, 0.3) is 0 Å². The lowest BCUT2D eigenvalue weighted by atomic mass is 10.1. The predicted octanol–water partition coefficient (Wildman–Crippen LogP) is 1.45. The Kier molecular flexibility index (Phi) is 10.2. The van der Waals surface area contributed by atoms with E-state index in [1.807, 2.05) is 0 Å². The molecule has 1 heterocycles. The summed E-state index contributed by atoms with van der Waals surface area (Å²) in [6.07, 6.45) is -0.103. The Morgan fingerprint density at radius 1 is 1.50 bits per heavy atom. The molecule has 22 heavy (non-hydrogen) atoms. The highest BCUT2D eigenvalue weighted by Gasteiger charge is 2.20. The summed E-state index contributed by atoms with van der Waals surface area (Å²) in [7, 11) is -3.45. The number of thiophene rings is 1. The molecule has 9 heteroatoms. The Morgan fingerprint density at radius 2 is 2.18 bits per heavy atom. The van der Waals surface area contributed by atoms with Crippen LogP contribution in [0.4, 0.5) is 0 Å². The van der Waals surface area contributed by atoms with Crippen LogP contribution < -0.4 is 11.1 Å². The number of aliphatic hydroxyl groups is 1. The average molecular weight is 461 g/mol. The Labute approximate surface area is 153 Å². The Bertz CT molecular complexity index is 545. The molecule has 1 unspecified atom stereocenters. The molecule has 0 aliphatic heterocycles. The van der Waals surface area contributed by atoms with Crippen LogP contribution in [0.15, 0.2) is 26.7 Å². The second-order valence-electron chi connectivity index (χ2n) is 5.20. The number of nitrogens with zero attached hydrogens (tertiary/aromatic N) is 1. The fourth-order valence-electron chi connectivity index (χ4n) is 1.58. The fourth-order valence-corrected chi connectivity index (χ4v) is 4.04. The molecule has 4 N–H and O–H groups in total. The Morgan fingerprint density at radius 3 is 2.73 bits per heavy atom. The largest absolute Gasteiger partial charge is 0.390 e. The Hall–Kier alpha value is -0.390. The maximum absolute atomic E-state index is 12.0. The van der Waals surface area contributed by atoms with Crippen molar-refractivity contribution in [2.24, 2.45) is 16.6 Å². The molecule has 0 saturated heterocycles. The number of sulfone groups is 1. The lowest BCUT2D eigenvalue weighted by Gasteiger charge is -2.10. The molecule has 0 radical (unpaired) electrons. The first-order chi connectivity index (χ1) is 9.81. The van der Waals surface area contributed by atoms with E-state index in [0.29, 0.717) is 12.5 Å². The van der Waals surface area contributed by atoms with Crippen LogP contribution in [-0.4, -0.2) is 44.4 Å². The fraction of sp³-hybridized carbons (Fsp3) is 0.615. The van der Waals surface area contributed by atoms with Gasteiger partial charge in [0.2, 0.25) is 0 Å². The minimum atomic E-state index is -3.45.